The van der Waals surface area contributed by atoms with Crippen molar-refractivity contribution < 1.29 is 19.4 Å². The van der Waals surface area contributed by atoms with E-state index in [0.717, 1.165) is 0 Å². The molecule has 1 heterocycles. The Labute approximate surface area is 148 Å². The first-order chi connectivity index (χ1) is 11.4. The maximum atomic E-state index is 12.4. The monoisotopic (exact) mass is 368 g/mol. The number of carboxylic acid groups (broad SMARTS) is 1. The fourth-order valence-corrected chi connectivity index (χ4v) is 3.03. The minimum Gasteiger partial charge on any atom is -0.486 e. The molecule has 1 aromatic heterocycles. The number of carboxylic acids is 1. The van der Waals surface area contributed by atoms with Crippen molar-refractivity contribution >= 4 is 34.8 Å². The lowest BCUT2D eigenvalue weighted by Crippen LogP contribution is -2.28. The summed E-state index contributed by atoms with van der Waals surface area (Å²) in [6, 6.07) is 6.98. The maximum Gasteiger partial charge on any atom is 0.305 e. The molecule has 0 aliphatic heterocycles. The molecule has 0 fully saturated rings. The molecule has 0 aliphatic carbocycles. The van der Waals surface area contributed by atoms with Gasteiger partial charge in [0.1, 0.15) is 22.2 Å². The molecule has 8 heteroatoms. The molecule has 0 radical (unpaired) electrons. The fraction of sp³-hybridized carbons (Fsp3) is 0.312. The molecule has 128 valence electrons. The van der Waals surface area contributed by atoms with E-state index in [4.69, 9.17) is 21.4 Å². The zero-order valence-electron chi connectivity index (χ0n) is 13.3. The number of nitrogens with zero attached hydrogens (tertiary/aromatic N) is 2. The highest BCUT2D eigenvalue weighted by atomic mass is 35.5. The van der Waals surface area contributed by atoms with Gasteiger partial charge in [0.05, 0.1) is 12.1 Å². The van der Waals surface area contributed by atoms with Gasteiger partial charge in [-0.2, -0.15) is 0 Å². The number of amides is 1. The Morgan fingerprint density at radius 3 is 2.62 bits per heavy atom. The van der Waals surface area contributed by atoms with Gasteiger partial charge < -0.3 is 14.7 Å². The van der Waals surface area contributed by atoms with Gasteiger partial charge in [-0.25, -0.2) is 4.98 Å². The highest BCUT2D eigenvalue weighted by Gasteiger charge is 2.19. The zero-order chi connectivity index (χ0) is 17.7. The molecule has 1 aromatic carbocycles. The second kappa shape index (κ2) is 8.12. The number of carbonyl (C=O) groups is 2. The molecule has 6 nitrogen and oxygen atoms in total. The lowest BCUT2D eigenvalue weighted by Gasteiger charge is -2.14. The van der Waals surface area contributed by atoms with Crippen LogP contribution in [0, 0.1) is 6.92 Å². The summed E-state index contributed by atoms with van der Waals surface area (Å²) in [5.74, 6) is -0.504. The molecule has 2 rings (SSSR count). The molecule has 1 N–H and O–H groups in total. The molecule has 0 atom stereocenters. The van der Waals surface area contributed by atoms with Gasteiger partial charge in [-0.3, -0.25) is 9.59 Å². The molecule has 0 saturated carbocycles. The smallest absolute Gasteiger partial charge is 0.305 e. The fourth-order valence-electron chi connectivity index (χ4n) is 1.93. The van der Waals surface area contributed by atoms with E-state index in [1.165, 1.54) is 16.2 Å². The van der Waals surface area contributed by atoms with Crippen LogP contribution in [0.5, 0.6) is 5.75 Å². The molecule has 0 saturated heterocycles. The van der Waals surface area contributed by atoms with E-state index in [0.29, 0.717) is 26.4 Å². The normalized spacial score (nSPS) is 10.5. The van der Waals surface area contributed by atoms with E-state index in [1.54, 1.807) is 38.2 Å². The van der Waals surface area contributed by atoms with Gasteiger partial charge in [-0.05, 0) is 31.2 Å². The third-order valence-electron chi connectivity index (χ3n) is 3.22. The lowest BCUT2D eigenvalue weighted by molar-refractivity contribution is -0.137. The summed E-state index contributed by atoms with van der Waals surface area (Å²) in [4.78, 5) is 29.2. The summed E-state index contributed by atoms with van der Waals surface area (Å²) < 4.78 is 5.62. The molecule has 2 aromatic rings. The first-order valence-corrected chi connectivity index (χ1v) is 8.38. The predicted molar refractivity (Wildman–Crippen MR) is 91.8 cm³/mol. The number of benzene rings is 1. The number of rotatable bonds is 7. The first-order valence-electron chi connectivity index (χ1n) is 7.18. The van der Waals surface area contributed by atoms with Gasteiger partial charge in [-0.15, -0.1) is 11.3 Å². The van der Waals surface area contributed by atoms with Crippen LogP contribution in [0.2, 0.25) is 5.02 Å². The molecule has 0 spiro atoms. The van der Waals surface area contributed by atoms with Crippen LogP contribution < -0.4 is 4.74 Å². The van der Waals surface area contributed by atoms with Crippen LogP contribution in [0.3, 0.4) is 0 Å². The SMILES string of the molecule is Cc1nc(COc2ccc(Cl)cc2)sc1C(=O)N(C)CCC(=O)O. The molecule has 24 heavy (non-hydrogen) atoms. The number of aryl methyl sites for hydroxylation is 1. The quantitative estimate of drug-likeness (QED) is 0.811. The highest BCUT2D eigenvalue weighted by molar-refractivity contribution is 7.13. The summed E-state index contributed by atoms with van der Waals surface area (Å²) in [7, 11) is 1.58. The first kappa shape index (κ1) is 18.2. The number of carbonyl (C=O) groups excluding carboxylic acids is 1. The Hall–Kier alpha value is -2.12. The van der Waals surface area contributed by atoms with Crippen LogP contribution in [0.15, 0.2) is 24.3 Å². The summed E-state index contributed by atoms with van der Waals surface area (Å²) in [6.45, 7) is 2.15. The second-order valence-corrected chi connectivity index (χ2v) is 6.66. The van der Waals surface area contributed by atoms with Crippen molar-refractivity contribution in [2.75, 3.05) is 13.6 Å². The van der Waals surface area contributed by atoms with E-state index in [2.05, 4.69) is 4.98 Å². The van der Waals surface area contributed by atoms with Gasteiger partial charge in [-0.1, -0.05) is 11.6 Å². The van der Waals surface area contributed by atoms with E-state index in [-0.39, 0.29) is 25.5 Å². The van der Waals surface area contributed by atoms with Gasteiger partial charge in [0.2, 0.25) is 0 Å². The van der Waals surface area contributed by atoms with E-state index in [9.17, 15) is 9.59 Å². The zero-order valence-corrected chi connectivity index (χ0v) is 14.9. The summed E-state index contributed by atoms with van der Waals surface area (Å²) >= 11 is 7.07. The second-order valence-electron chi connectivity index (χ2n) is 5.14. The predicted octanol–water partition coefficient (Wildman–Crippen LogP) is 3.23. The Morgan fingerprint density at radius 1 is 1.33 bits per heavy atom. The molecular formula is C16H17ClN2O4S. The molecular weight excluding hydrogens is 352 g/mol. The standard InChI is InChI=1S/C16H17ClN2O4S/c1-10-15(16(22)19(2)8-7-14(20)21)24-13(18-10)9-23-12-5-3-11(17)4-6-12/h3-6H,7-9H2,1-2H3,(H,20,21). The summed E-state index contributed by atoms with van der Waals surface area (Å²) in [5.41, 5.74) is 0.613. The summed E-state index contributed by atoms with van der Waals surface area (Å²) in [6.07, 6.45) is -0.0906. The van der Waals surface area contributed by atoms with Crippen molar-refractivity contribution in [2.24, 2.45) is 0 Å². The average Bonchev–Trinajstić information content (AvgIpc) is 2.92. The van der Waals surface area contributed by atoms with Crippen LogP contribution in [-0.2, 0) is 11.4 Å². The number of halogens is 1. The van der Waals surface area contributed by atoms with Crippen molar-refractivity contribution in [1.82, 2.24) is 9.88 Å². The number of thiazole rings is 1. The van der Waals surface area contributed by atoms with Crippen LogP contribution in [0.4, 0.5) is 0 Å². The van der Waals surface area contributed by atoms with Gasteiger partial charge in [0, 0.05) is 18.6 Å². The average molecular weight is 369 g/mol. The van der Waals surface area contributed by atoms with Crippen molar-refractivity contribution in [3.05, 3.63) is 44.9 Å². The number of hydrogen-bond acceptors (Lipinski definition) is 5. The largest absolute Gasteiger partial charge is 0.486 e. The maximum absolute atomic E-state index is 12.4. The third-order valence-corrected chi connectivity index (χ3v) is 4.59. The Bertz CT molecular complexity index is 730. The highest BCUT2D eigenvalue weighted by Crippen LogP contribution is 2.22. The van der Waals surface area contributed by atoms with E-state index < -0.39 is 5.97 Å². The minimum atomic E-state index is -0.937. The number of aliphatic carboxylic acids is 1. The molecule has 0 unspecified atom stereocenters. The molecule has 0 bridgehead atoms. The Morgan fingerprint density at radius 2 is 2.00 bits per heavy atom. The van der Waals surface area contributed by atoms with E-state index in [1.807, 2.05) is 0 Å². The van der Waals surface area contributed by atoms with Crippen molar-refractivity contribution in [2.45, 2.75) is 20.0 Å². The topological polar surface area (TPSA) is 79.7 Å². The number of ether oxygens (including phenoxy) is 1. The number of aromatic nitrogens is 1. The van der Waals surface area contributed by atoms with Gasteiger partial charge >= 0.3 is 5.97 Å². The lowest BCUT2D eigenvalue weighted by atomic mass is 10.3. The van der Waals surface area contributed by atoms with Crippen molar-refractivity contribution in [3.8, 4) is 5.75 Å². The van der Waals surface area contributed by atoms with Crippen LogP contribution in [-0.4, -0.2) is 40.5 Å². The van der Waals surface area contributed by atoms with Crippen LogP contribution in [0.1, 0.15) is 26.8 Å². The van der Waals surface area contributed by atoms with Crippen LogP contribution >= 0.6 is 22.9 Å². The van der Waals surface area contributed by atoms with Gasteiger partial charge in [0.15, 0.2) is 0 Å². The summed E-state index contributed by atoms with van der Waals surface area (Å²) in [5, 5.41) is 10.0. The Balaban J connectivity index is 1.99. The third kappa shape index (κ3) is 4.94. The van der Waals surface area contributed by atoms with E-state index >= 15 is 0 Å². The van der Waals surface area contributed by atoms with Crippen molar-refractivity contribution in [1.29, 1.82) is 0 Å². The van der Waals surface area contributed by atoms with Crippen LogP contribution in [0.25, 0.3) is 0 Å². The van der Waals surface area contributed by atoms with Crippen molar-refractivity contribution in [3.63, 3.8) is 0 Å². The minimum absolute atomic E-state index is 0.0906. The Kier molecular flexibility index (Phi) is 6.16. The van der Waals surface area contributed by atoms with Gasteiger partial charge in [0.25, 0.3) is 5.91 Å². The number of hydrogen-bond donors (Lipinski definition) is 1. The molecule has 0 aliphatic rings. The molecule has 1 amide bonds.